The molecule has 4 aromatic rings. The van der Waals surface area contributed by atoms with E-state index < -0.39 is 10.0 Å². The maximum absolute atomic E-state index is 13.0. The molecule has 2 aromatic heterocycles. The summed E-state index contributed by atoms with van der Waals surface area (Å²) in [5.74, 6) is 0.642. The summed E-state index contributed by atoms with van der Waals surface area (Å²) in [7, 11) is -4.01. The van der Waals surface area contributed by atoms with Crippen LogP contribution in [0.4, 0.5) is 5.82 Å². The zero-order valence-electron chi connectivity index (χ0n) is 17.0. The van der Waals surface area contributed by atoms with Crippen LogP contribution in [0, 0.1) is 6.92 Å². The molecule has 4 rings (SSSR count). The first kappa shape index (κ1) is 21.8. The van der Waals surface area contributed by atoms with Gasteiger partial charge in [-0.1, -0.05) is 35.9 Å². The Kier molecular flexibility index (Phi) is 6.38. The van der Waals surface area contributed by atoms with Crippen molar-refractivity contribution in [3.8, 4) is 11.6 Å². The van der Waals surface area contributed by atoms with E-state index in [1.54, 1.807) is 37.4 Å². The highest BCUT2D eigenvalue weighted by atomic mass is 35.5. The zero-order valence-corrected chi connectivity index (χ0v) is 18.6. The number of para-hydroxylation sites is 1. The Balaban J connectivity index is 1.60. The third-order valence-corrected chi connectivity index (χ3v) is 6.37. The lowest BCUT2D eigenvalue weighted by molar-refractivity contribution is 0.213. The minimum absolute atomic E-state index is 0.0189. The fraction of sp³-hybridized carbons (Fsp3) is 0.136. The second-order valence-electron chi connectivity index (χ2n) is 6.70. The van der Waals surface area contributed by atoms with Crippen LogP contribution in [0.2, 0.25) is 5.02 Å². The van der Waals surface area contributed by atoms with Crippen molar-refractivity contribution in [1.29, 1.82) is 0 Å². The van der Waals surface area contributed by atoms with E-state index in [2.05, 4.69) is 19.7 Å². The number of rotatable bonds is 8. The van der Waals surface area contributed by atoms with E-state index in [-0.39, 0.29) is 35.5 Å². The van der Waals surface area contributed by atoms with Crippen LogP contribution in [-0.4, -0.2) is 36.6 Å². The van der Waals surface area contributed by atoms with Crippen LogP contribution in [0.25, 0.3) is 11.2 Å². The maximum atomic E-state index is 13.0. The van der Waals surface area contributed by atoms with Crippen LogP contribution >= 0.6 is 11.6 Å². The number of aromatic nitrogens is 3. The second kappa shape index (κ2) is 9.37. The summed E-state index contributed by atoms with van der Waals surface area (Å²) in [4.78, 5) is 12.9. The third-order valence-electron chi connectivity index (χ3n) is 4.48. The van der Waals surface area contributed by atoms with E-state index in [1.807, 2.05) is 30.3 Å². The molecule has 0 aliphatic heterocycles. The summed E-state index contributed by atoms with van der Waals surface area (Å²) in [6.07, 6.45) is 1.55. The zero-order chi connectivity index (χ0) is 22.6. The molecular weight excluding hydrogens is 452 g/mol. The maximum Gasteiger partial charge on any atom is 0.263 e. The van der Waals surface area contributed by atoms with E-state index in [1.165, 1.54) is 6.07 Å². The summed E-state index contributed by atoms with van der Waals surface area (Å²) >= 11 is 6.10. The molecule has 0 unspecified atom stereocenters. The first-order valence-electron chi connectivity index (χ1n) is 9.65. The molecule has 1 N–H and O–H groups in total. The van der Waals surface area contributed by atoms with Gasteiger partial charge in [-0.15, -0.1) is 0 Å². The van der Waals surface area contributed by atoms with Gasteiger partial charge in [0.25, 0.3) is 15.9 Å². The lowest BCUT2D eigenvalue weighted by Crippen LogP contribution is -2.18. The number of hydrogen-bond acceptors (Lipinski definition) is 7. The van der Waals surface area contributed by atoms with Gasteiger partial charge in [-0.3, -0.25) is 4.72 Å². The molecule has 164 valence electrons. The molecule has 10 heteroatoms. The number of hydrogen-bond donors (Lipinski definition) is 1. The highest BCUT2D eigenvalue weighted by Gasteiger charge is 2.22. The molecule has 0 aliphatic carbocycles. The van der Waals surface area contributed by atoms with Gasteiger partial charge in [-0.25, -0.2) is 23.4 Å². The van der Waals surface area contributed by atoms with Crippen molar-refractivity contribution in [2.24, 2.45) is 0 Å². The van der Waals surface area contributed by atoms with Gasteiger partial charge >= 0.3 is 0 Å². The third kappa shape index (κ3) is 4.90. The monoisotopic (exact) mass is 470 g/mol. The van der Waals surface area contributed by atoms with Crippen molar-refractivity contribution in [3.05, 3.63) is 77.4 Å². The van der Waals surface area contributed by atoms with E-state index in [0.717, 1.165) is 0 Å². The van der Waals surface area contributed by atoms with Gasteiger partial charge in [-0.2, -0.15) is 0 Å². The quantitative estimate of drug-likeness (QED) is 0.384. The molecule has 8 nitrogen and oxygen atoms in total. The summed E-state index contributed by atoms with van der Waals surface area (Å²) in [5, 5.41) is 0.341. The number of pyridine rings is 1. The molecule has 0 spiro atoms. The summed E-state index contributed by atoms with van der Waals surface area (Å²) < 4.78 is 39.9. The number of sulfonamides is 1. The molecule has 0 saturated heterocycles. The van der Waals surface area contributed by atoms with Crippen molar-refractivity contribution in [3.63, 3.8) is 0 Å². The van der Waals surface area contributed by atoms with Crippen LogP contribution in [0.5, 0.6) is 11.6 Å². The lowest BCUT2D eigenvalue weighted by atomic mass is 10.2. The predicted molar refractivity (Wildman–Crippen MR) is 122 cm³/mol. The van der Waals surface area contributed by atoms with Gasteiger partial charge in [0, 0.05) is 11.2 Å². The lowest BCUT2D eigenvalue weighted by Gasteiger charge is -2.14. The van der Waals surface area contributed by atoms with Crippen LogP contribution in [0.15, 0.2) is 71.8 Å². The van der Waals surface area contributed by atoms with Gasteiger partial charge in [0.1, 0.15) is 24.5 Å². The van der Waals surface area contributed by atoms with Crippen molar-refractivity contribution >= 4 is 38.6 Å². The molecule has 0 fully saturated rings. The SMILES string of the molecule is Cc1c(Cl)cccc1S(=O)(=O)Nc1nc2ncccc2nc1OCCOc1ccccc1. The average Bonchev–Trinajstić information content (AvgIpc) is 2.79. The van der Waals surface area contributed by atoms with Crippen LogP contribution in [0.3, 0.4) is 0 Å². The van der Waals surface area contributed by atoms with Crippen LogP contribution in [0.1, 0.15) is 5.56 Å². The normalized spacial score (nSPS) is 11.3. The molecule has 0 aliphatic rings. The van der Waals surface area contributed by atoms with Gasteiger partial charge in [0.2, 0.25) is 5.82 Å². The highest BCUT2D eigenvalue weighted by Crippen LogP contribution is 2.28. The fourth-order valence-corrected chi connectivity index (χ4v) is 4.42. The summed E-state index contributed by atoms with van der Waals surface area (Å²) in [6, 6.07) is 17.3. The van der Waals surface area contributed by atoms with E-state index in [0.29, 0.717) is 21.9 Å². The number of halogens is 1. The number of fused-ring (bicyclic) bond motifs is 1. The van der Waals surface area contributed by atoms with Gasteiger partial charge in [0.05, 0.1) is 4.90 Å². The largest absolute Gasteiger partial charge is 0.490 e. The van der Waals surface area contributed by atoms with Gasteiger partial charge in [-0.05, 0) is 48.9 Å². The topological polar surface area (TPSA) is 103 Å². The number of nitrogens with one attached hydrogen (secondary N) is 1. The molecular formula is C22H19ClN4O4S. The van der Waals surface area contributed by atoms with E-state index in [4.69, 9.17) is 21.1 Å². The summed E-state index contributed by atoms with van der Waals surface area (Å²) in [6.45, 7) is 1.99. The molecule has 0 amide bonds. The molecule has 0 atom stereocenters. The molecule has 0 radical (unpaired) electrons. The average molecular weight is 471 g/mol. The Labute approximate surface area is 190 Å². The minimum atomic E-state index is -4.01. The Hall–Kier alpha value is -3.43. The first-order chi connectivity index (χ1) is 15.4. The van der Waals surface area contributed by atoms with E-state index in [9.17, 15) is 8.42 Å². The van der Waals surface area contributed by atoms with Crippen molar-refractivity contribution in [1.82, 2.24) is 15.0 Å². The van der Waals surface area contributed by atoms with Crippen molar-refractivity contribution in [2.45, 2.75) is 11.8 Å². The number of anilines is 1. The standard InChI is InChI=1S/C22H19ClN4O4S/c1-15-17(23)9-5-11-19(15)32(28,29)27-21-22(25-18-10-6-12-24-20(18)26-21)31-14-13-30-16-7-3-2-4-8-16/h2-12H,13-14H2,1H3,(H,24,26,27). The Bertz CT molecular complexity index is 1350. The van der Waals surface area contributed by atoms with Crippen molar-refractivity contribution in [2.75, 3.05) is 17.9 Å². The molecule has 2 heterocycles. The van der Waals surface area contributed by atoms with Crippen LogP contribution in [-0.2, 0) is 10.0 Å². The highest BCUT2D eigenvalue weighted by molar-refractivity contribution is 7.92. The second-order valence-corrected chi connectivity index (χ2v) is 8.76. The van der Waals surface area contributed by atoms with E-state index >= 15 is 0 Å². The van der Waals surface area contributed by atoms with Crippen molar-refractivity contribution < 1.29 is 17.9 Å². The Morgan fingerprint density at radius 1 is 0.938 bits per heavy atom. The predicted octanol–water partition coefficient (Wildman–Crippen LogP) is 4.25. The Morgan fingerprint density at radius 3 is 2.53 bits per heavy atom. The summed E-state index contributed by atoms with van der Waals surface area (Å²) in [5.41, 5.74) is 1.17. The number of ether oxygens (including phenoxy) is 2. The van der Waals surface area contributed by atoms with Gasteiger partial charge < -0.3 is 9.47 Å². The van der Waals surface area contributed by atoms with Crippen LogP contribution < -0.4 is 14.2 Å². The number of nitrogens with zero attached hydrogens (tertiary/aromatic N) is 3. The first-order valence-corrected chi connectivity index (χ1v) is 11.5. The molecule has 0 bridgehead atoms. The molecule has 32 heavy (non-hydrogen) atoms. The molecule has 2 aromatic carbocycles. The molecule has 0 saturated carbocycles. The smallest absolute Gasteiger partial charge is 0.263 e. The fourth-order valence-electron chi connectivity index (χ4n) is 2.92. The minimum Gasteiger partial charge on any atom is -0.490 e. The number of benzene rings is 2. The Morgan fingerprint density at radius 2 is 1.72 bits per heavy atom. The van der Waals surface area contributed by atoms with Gasteiger partial charge in [0.15, 0.2) is 5.65 Å².